The molecular weight excluding hydrogens is 222 g/mol. The molecule has 0 amide bonds. The van der Waals surface area contributed by atoms with Crippen LogP contribution in [0.25, 0.3) is 0 Å². The molecule has 3 nitrogen and oxygen atoms in total. The summed E-state index contributed by atoms with van der Waals surface area (Å²) in [6, 6.07) is 1.83. The molecular formula is C12H19NO2S. The normalized spacial score (nSPS) is 12.8. The summed E-state index contributed by atoms with van der Waals surface area (Å²) >= 11 is 1.76. The summed E-state index contributed by atoms with van der Waals surface area (Å²) in [5.41, 5.74) is 0.815. The molecule has 0 aliphatic rings. The largest absolute Gasteiger partial charge is 0.495 e. The maximum Gasteiger partial charge on any atom is 0.137 e. The zero-order valence-corrected chi connectivity index (χ0v) is 10.8. The predicted octanol–water partition coefficient (Wildman–Crippen LogP) is 2.51. The number of methoxy groups -OCH3 is 1. The van der Waals surface area contributed by atoms with Crippen LogP contribution in [0.3, 0.4) is 0 Å². The maximum atomic E-state index is 9.94. The Hall–Kier alpha value is -0.740. The molecule has 0 saturated carbocycles. The fraction of sp³-hybridized carbons (Fsp3) is 0.583. The van der Waals surface area contributed by atoms with Crippen molar-refractivity contribution in [3.63, 3.8) is 0 Å². The zero-order chi connectivity index (χ0) is 12.0. The van der Waals surface area contributed by atoms with E-state index in [1.54, 1.807) is 31.3 Å². The van der Waals surface area contributed by atoms with Gasteiger partial charge in [-0.25, -0.2) is 0 Å². The number of pyridine rings is 1. The molecule has 0 saturated heterocycles. The molecule has 0 aromatic carbocycles. The first-order valence-corrected chi connectivity index (χ1v) is 6.53. The van der Waals surface area contributed by atoms with E-state index in [1.807, 2.05) is 6.07 Å². The molecule has 1 aromatic rings. The third-order valence-electron chi connectivity index (χ3n) is 2.08. The Kier molecular flexibility index (Phi) is 5.63. The van der Waals surface area contributed by atoms with E-state index >= 15 is 0 Å². The van der Waals surface area contributed by atoms with E-state index in [-0.39, 0.29) is 0 Å². The van der Waals surface area contributed by atoms with Crippen LogP contribution in [0, 0.1) is 5.92 Å². The molecule has 1 rings (SSSR count). The molecule has 1 heterocycles. The van der Waals surface area contributed by atoms with Crippen LogP contribution in [0.2, 0.25) is 0 Å². The Morgan fingerprint density at radius 1 is 1.38 bits per heavy atom. The monoisotopic (exact) mass is 241 g/mol. The van der Waals surface area contributed by atoms with Crippen molar-refractivity contribution in [3.05, 3.63) is 24.0 Å². The Balaban J connectivity index is 2.48. The van der Waals surface area contributed by atoms with Crippen LogP contribution in [-0.2, 0) is 0 Å². The Bertz CT molecular complexity index is 318. The van der Waals surface area contributed by atoms with Gasteiger partial charge in [-0.15, -0.1) is 0 Å². The van der Waals surface area contributed by atoms with Crippen LogP contribution in [-0.4, -0.2) is 28.7 Å². The first-order chi connectivity index (χ1) is 7.63. The minimum atomic E-state index is -0.466. The van der Waals surface area contributed by atoms with Crippen LogP contribution >= 0.6 is 11.8 Å². The second-order valence-electron chi connectivity index (χ2n) is 4.11. The fourth-order valence-corrected chi connectivity index (χ4v) is 2.26. The van der Waals surface area contributed by atoms with Crippen molar-refractivity contribution in [3.8, 4) is 5.75 Å². The molecule has 0 fully saturated rings. The standard InChI is InChI=1S/C12H19NO2S/c1-9(2)7-16-8-12(14)10-4-11(15-3)6-13-5-10/h4-6,9,12,14H,7-8H2,1-3H3. The molecule has 0 spiro atoms. The van der Waals surface area contributed by atoms with Crippen LogP contribution in [0.5, 0.6) is 5.75 Å². The Morgan fingerprint density at radius 3 is 2.75 bits per heavy atom. The molecule has 16 heavy (non-hydrogen) atoms. The van der Waals surface area contributed by atoms with Crippen molar-refractivity contribution in [1.29, 1.82) is 0 Å². The lowest BCUT2D eigenvalue weighted by Gasteiger charge is -2.12. The lowest BCUT2D eigenvalue weighted by atomic mass is 10.2. The summed E-state index contributed by atoms with van der Waals surface area (Å²) in [6.45, 7) is 4.35. The van der Waals surface area contributed by atoms with Crippen molar-refractivity contribution in [1.82, 2.24) is 4.98 Å². The van der Waals surface area contributed by atoms with E-state index in [2.05, 4.69) is 18.8 Å². The van der Waals surface area contributed by atoms with Gasteiger partial charge in [-0.05, 0) is 17.7 Å². The summed E-state index contributed by atoms with van der Waals surface area (Å²) in [6.07, 6.45) is 2.85. The van der Waals surface area contributed by atoms with Gasteiger partial charge in [-0.2, -0.15) is 11.8 Å². The summed E-state index contributed by atoms with van der Waals surface area (Å²) in [5, 5.41) is 9.94. The highest BCUT2D eigenvalue weighted by Gasteiger charge is 2.09. The first-order valence-electron chi connectivity index (χ1n) is 5.38. The Labute approximate surface area is 101 Å². The summed E-state index contributed by atoms with van der Waals surface area (Å²) < 4.78 is 5.07. The SMILES string of the molecule is COc1cncc(C(O)CSCC(C)C)c1. The maximum absolute atomic E-state index is 9.94. The van der Waals surface area contributed by atoms with Crippen molar-refractivity contribution in [2.24, 2.45) is 5.92 Å². The quantitative estimate of drug-likeness (QED) is 0.831. The van der Waals surface area contributed by atoms with E-state index in [4.69, 9.17) is 4.74 Å². The highest BCUT2D eigenvalue weighted by Crippen LogP contribution is 2.21. The van der Waals surface area contributed by atoms with Crippen LogP contribution in [0.15, 0.2) is 18.5 Å². The van der Waals surface area contributed by atoms with Gasteiger partial charge in [-0.3, -0.25) is 4.98 Å². The number of ether oxygens (including phenoxy) is 1. The Morgan fingerprint density at radius 2 is 2.12 bits per heavy atom. The number of aliphatic hydroxyl groups excluding tert-OH is 1. The molecule has 1 aromatic heterocycles. The highest BCUT2D eigenvalue weighted by molar-refractivity contribution is 7.99. The third kappa shape index (κ3) is 4.41. The van der Waals surface area contributed by atoms with Gasteiger partial charge in [0, 0.05) is 17.5 Å². The fourth-order valence-electron chi connectivity index (χ4n) is 1.24. The number of hydrogen-bond donors (Lipinski definition) is 1. The molecule has 1 unspecified atom stereocenters. The van der Waals surface area contributed by atoms with E-state index in [0.29, 0.717) is 17.4 Å². The zero-order valence-electron chi connectivity index (χ0n) is 10.0. The van der Waals surface area contributed by atoms with E-state index in [1.165, 1.54) is 0 Å². The molecule has 4 heteroatoms. The average Bonchev–Trinajstić information content (AvgIpc) is 2.28. The number of aliphatic hydroxyl groups is 1. The van der Waals surface area contributed by atoms with Crippen molar-refractivity contribution < 1.29 is 9.84 Å². The second kappa shape index (κ2) is 6.76. The molecule has 0 radical (unpaired) electrons. The highest BCUT2D eigenvalue weighted by atomic mass is 32.2. The van der Waals surface area contributed by atoms with Gasteiger partial charge in [-0.1, -0.05) is 13.8 Å². The average molecular weight is 241 g/mol. The van der Waals surface area contributed by atoms with Gasteiger partial charge >= 0.3 is 0 Å². The first kappa shape index (κ1) is 13.3. The van der Waals surface area contributed by atoms with Gasteiger partial charge in [0.2, 0.25) is 0 Å². The van der Waals surface area contributed by atoms with E-state index < -0.39 is 6.10 Å². The molecule has 0 aliphatic heterocycles. The number of rotatable bonds is 6. The summed E-state index contributed by atoms with van der Waals surface area (Å²) in [5.74, 6) is 3.10. The minimum Gasteiger partial charge on any atom is -0.495 e. The number of aromatic nitrogens is 1. The molecule has 1 atom stereocenters. The summed E-state index contributed by atoms with van der Waals surface area (Å²) in [7, 11) is 1.60. The smallest absolute Gasteiger partial charge is 0.137 e. The van der Waals surface area contributed by atoms with Crippen molar-refractivity contribution in [2.45, 2.75) is 20.0 Å². The topological polar surface area (TPSA) is 42.4 Å². The molecule has 1 N–H and O–H groups in total. The third-order valence-corrected chi connectivity index (χ3v) is 3.54. The van der Waals surface area contributed by atoms with Crippen molar-refractivity contribution in [2.75, 3.05) is 18.6 Å². The van der Waals surface area contributed by atoms with E-state index in [9.17, 15) is 5.11 Å². The van der Waals surface area contributed by atoms with Crippen LogP contribution in [0.4, 0.5) is 0 Å². The lowest BCUT2D eigenvalue weighted by Crippen LogP contribution is -2.03. The number of nitrogens with zero attached hydrogens (tertiary/aromatic N) is 1. The van der Waals surface area contributed by atoms with Gasteiger partial charge in [0.1, 0.15) is 5.75 Å². The minimum absolute atomic E-state index is 0.466. The molecule has 0 aliphatic carbocycles. The number of thioether (sulfide) groups is 1. The predicted molar refractivity (Wildman–Crippen MR) is 67.9 cm³/mol. The van der Waals surface area contributed by atoms with E-state index in [0.717, 1.165) is 11.3 Å². The van der Waals surface area contributed by atoms with Crippen LogP contribution < -0.4 is 4.74 Å². The molecule has 90 valence electrons. The van der Waals surface area contributed by atoms with Gasteiger partial charge in [0.25, 0.3) is 0 Å². The number of hydrogen-bond acceptors (Lipinski definition) is 4. The summed E-state index contributed by atoms with van der Waals surface area (Å²) in [4.78, 5) is 4.03. The lowest BCUT2D eigenvalue weighted by molar-refractivity contribution is 0.203. The van der Waals surface area contributed by atoms with Gasteiger partial charge in [0.05, 0.1) is 19.4 Å². The van der Waals surface area contributed by atoms with Crippen molar-refractivity contribution >= 4 is 11.8 Å². The second-order valence-corrected chi connectivity index (χ2v) is 5.18. The molecule has 0 bridgehead atoms. The van der Waals surface area contributed by atoms with Crippen LogP contribution in [0.1, 0.15) is 25.5 Å². The van der Waals surface area contributed by atoms with Gasteiger partial charge < -0.3 is 9.84 Å². The van der Waals surface area contributed by atoms with Gasteiger partial charge in [0.15, 0.2) is 0 Å².